The van der Waals surface area contributed by atoms with Crippen LogP contribution in [0.4, 0.5) is 0 Å². The van der Waals surface area contributed by atoms with Crippen molar-refractivity contribution >= 4 is 5.97 Å². The molecule has 0 atom stereocenters. The van der Waals surface area contributed by atoms with Gasteiger partial charge in [-0.05, 0) is 44.2 Å². The number of aromatic nitrogens is 3. The van der Waals surface area contributed by atoms with Gasteiger partial charge in [-0.3, -0.25) is 0 Å². The van der Waals surface area contributed by atoms with Crippen molar-refractivity contribution < 1.29 is 19.4 Å². The Labute approximate surface area is 191 Å². The molecule has 4 aromatic rings. The van der Waals surface area contributed by atoms with Gasteiger partial charge in [-0.2, -0.15) is 0 Å². The minimum atomic E-state index is -0.494. The van der Waals surface area contributed by atoms with E-state index in [0.717, 1.165) is 11.1 Å². The lowest BCUT2D eigenvalue weighted by Crippen LogP contribution is -2.12. The van der Waals surface area contributed by atoms with Crippen LogP contribution in [0.2, 0.25) is 0 Å². The first kappa shape index (κ1) is 22.0. The number of nitrogens with zero attached hydrogens (tertiary/aromatic N) is 3. The van der Waals surface area contributed by atoms with Crippen LogP contribution in [0.3, 0.4) is 0 Å². The van der Waals surface area contributed by atoms with Gasteiger partial charge in [-0.1, -0.05) is 30.3 Å². The molecule has 7 heteroatoms. The van der Waals surface area contributed by atoms with Crippen LogP contribution >= 0.6 is 0 Å². The molecule has 1 N–H and O–H groups in total. The second kappa shape index (κ2) is 9.91. The molecule has 0 radical (unpaired) electrons. The number of pyridine rings is 1. The molecule has 0 saturated heterocycles. The molecule has 0 aliphatic heterocycles. The molecule has 2 aromatic carbocycles. The average Bonchev–Trinajstić information content (AvgIpc) is 2.85. The van der Waals surface area contributed by atoms with Crippen LogP contribution in [0.5, 0.6) is 11.5 Å². The smallest absolute Gasteiger partial charge is 0.344 e. The molecule has 0 aliphatic rings. The van der Waals surface area contributed by atoms with Crippen LogP contribution < -0.4 is 4.74 Å². The lowest BCUT2D eigenvalue weighted by Gasteiger charge is -2.16. The van der Waals surface area contributed by atoms with E-state index in [9.17, 15) is 9.90 Å². The predicted molar refractivity (Wildman–Crippen MR) is 125 cm³/mol. The normalized spacial score (nSPS) is 10.6. The van der Waals surface area contributed by atoms with Crippen LogP contribution in [-0.2, 0) is 4.74 Å². The molecule has 0 aliphatic carbocycles. The second-order valence-electron chi connectivity index (χ2n) is 7.06. The Hall–Kier alpha value is -4.26. The fourth-order valence-corrected chi connectivity index (χ4v) is 3.38. The molecule has 166 valence electrons. The fourth-order valence-electron chi connectivity index (χ4n) is 3.38. The van der Waals surface area contributed by atoms with Crippen LogP contribution in [0.15, 0.2) is 72.9 Å². The number of rotatable bonds is 7. The molecular formula is C26H23N3O4. The van der Waals surface area contributed by atoms with Crippen molar-refractivity contribution in [1.29, 1.82) is 0 Å². The summed E-state index contributed by atoms with van der Waals surface area (Å²) < 4.78 is 11.1. The van der Waals surface area contributed by atoms with E-state index >= 15 is 0 Å². The highest BCUT2D eigenvalue weighted by Gasteiger charge is 2.24. The molecule has 0 fully saturated rings. The third-order valence-electron chi connectivity index (χ3n) is 4.85. The minimum absolute atomic E-state index is 0.167. The van der Waals surface area contributed by atoms with Crippen LogP contribution in [0, 0.1) is 0 Å². The average molecular weight is 441 g/mol. The van der Waals surface area contributed by atoms with Gasteiger partial charge in [-0.15, -0.1) is 0 Å². The summed E-state index contributed by atoms with van der Waals surface area (Å²) in [5.41, 5.74) is 3.36. The summed E-state index contributed by atoms with van der Waals surface area (Å²) in [6.07, 6.45) is 1.65. The van der Waals surface area contributed by atoms with Gasteiger partial charge < -0.3 is 14.6 Å². The first-order chi connectivity index (χ1) is 16.1. The third kappa shape index (κ3) is 4.82. The van der Waals surface area contributed by atoms with E-state index in [4.69, 9.17) is 14.5 Å². The van der Waals surface area contributed by atoms with Crippen LogP contribution in [0.1, 0.15) is 24.2 Å². The SMILES string of the molecule is CCOC(=O)c1c(OCC)cc(-c2ccnc(-c3ccc(O)cc3)n2)nc1-c1ccccc1. The zero-order chi connectivity index (χ0) is 23.2. The summed E-state index contributed by atoms with van der Waals surface area (Å²) in [6, 6.07) is 19.5. The van der Waals surface area contributed by atoms with Gasteiger partial charge in [0.15, 0.2) is 5.82 Å². The summed E-state index contributed by atoms with van der Waals surface area (Å²) in [7, 11) is 0. The Kier molecular flexibility index (Phi) is 6.59. The summed E-state index contributed by atoms with van der Waals surface area (Å²) in [5.74, 6) is 0.541. The number of phenols is 1. The lowest BCUT2D eigenvalue weighted by molar-refractivity contribution is 0.0522. The highest BCUT2D eigenvalue weighted by molar-refractivity contribution is 5.99. The molecule has 2 aromatic heterocycles. The van der Waals surface area contributed by atoms with Crippen molar-refractivity contribution in [3.63, 3.8) is 0 Å². The van der Waals surface area contributed by atoms with Gasteiger partial charge in [0.1, 0.15) is 17.1 Å². The number of aromatic hydroxyl groups is 1. The molecule has 0 spiro atoms. The number of carbonyl (C=O) groups excluding carboxylic acids is 1. The fraction of sp³-hybridized carbons (Fsp3) is 0.154. The number of carbonyl (C=O) groups is 1. The van der Waals surface area contributed by atoms with Gasteiger partial charge in [0.2, 0.25) is 0 Å². The molecule has 0 saturated carbocycles. The van der Waals surface area contributed by atoms with Crippen molar-refractivity contribution in [2.45, 2.75) is 13.8 Å². The quantitative estimate of drug-likeness (QED) is 0.396. The highest BCUT2D eigenvalue weighted by Crippen LogP contribution is 2.34. The summed E-state index contributed by atoms with van der Waals surface area (Å²) in [6.45, 7) is 4.22. The van der Waals surface area contributed by atoms with E-state index in [0.29, 0.717) is 35.3 Å². The summed E-state index contributed by atoms with van der Waals surface area (Å²) >= 11 is 0. The Morgan fingerprint density at radius 2 is 1.64 bits per heavy atom. The van der Waals surface area contributed by atoms with Gasteiger partial charge in [-0.25, -0.2) is 19.7 Å². The molecule has 0 bridgehead atoms. The third-order valence-corrected chi connectivity index (χ3v) is 4.85. The zero-order valence-corrected chi connectivity index (χ0v) is 18.4. The molecule has 7 nitrogen and oxygen atoms in total. The first-order valence-electron chi connectivity index (χ1n) is 10.6. The first-order valence-corrected chi connectivity index (χ1v) is 10.6. The van der Waals surface area contributed by atoms with Gasteiger partial charge in [0.05, 0.1) is 30.3 Å². The number of hydrogen-bond acceptors (Lipinski definition) is 7. The molecule has 0 amide bonds. The second-order valence-corrected chi connectivity index (χ2v) is 7.06. The maximum Gasteiger partial charge on any atom is 0.344 e. The highest BCUT2D eigenvalue weighted by atomic mass is 16.5. The number of ether oxygens (including phenoxy) is 2. The minimum Gasteiger partial charge on any atom is -0.508 e. The van der Waals surface area contributed by atoms with Crippen LogP contribution in [0.25, 0.3) is 34.0 Å². The van der Waals surface area contributed by atoms with E-state index in [-0.39, 0.29) is 17.9 Å². The van der Waals surface area contributed by atoms with Crippen molar-refractivity contribution in [1.82, 2.24) is 15.0 Å². The van der Waals surface area contributed by atoms with Crippen LogP contribution in [-0.4, -0.2) is 39.2 Å². The topological polar surface area (TPSA) is 94.4 Å². The molecular weight excluding hydrogens is 418 g/mol. The van der Waals surface area contributed by atoms with Gasteiger partial charge in [0, 0.05) is 23.4 Å². The van der Waals surface area contributed by atoms with E-state index in [2.05, 4.69) is 9.97 Å². The van der Waals surface area contributed by atoms with Crippen molar-refractivity contribution in [2.24, 2.45) is 0 Å². The van der Waals surface area contributed by atoms with Crippen molar-refractivity contribution in [3.05, 3.63) is 78.5 Å². The maximum atomic E-state index is 12.9. The summed E-state index contributed by atoms with van der Waals surface area (Å²) in [4.78, 5) is 26.7. The Morgan fingerprint density at radius 3 is 2.33 bits per heavy atom. The largest absolute Gasteiger partial charge is 0.508 e. The van der Waals surface area contributed by atoms with E-state index in [1.165, 1.54) is 0 Å². The van der Waals surface area contributed by atoms with Gasteiger partial charge in [0.25, 0.3) is 0 Å². The van der Waals surface area contributed by atoms with E-state index in [1.807, 2.05) is 37.3 Å². The van der Waals surface area contributed by atoms with E-state index < -0.39 is 5.97 Å². The predicted octanol–water partition coefficient (Wildman–Crippen LogP) is 5.15. The Balaban J connectivity index is 1.89. The van der Waals surface area contributed by atoms with Crippen molar-refractivity contribution in [2.75, 3.05) is 13.2 Å². The Bertz CT molecular complexity index is 1260. The number of phenolic OH excluding ortho intramolecular Hbond substituents is 1. The molecule has 0 unspecified atom stereocenters. The standard InChI is InChI=1S/C26H23N3O4/c1-3-32-22-16-21(20-14-15-27-25(29-20)18-10-12-19(30)13-11-18)28-24(17-8-6-5-7-9-17)23(22)26(31)33-4-2/h5-16,30H,3-4H2,1-2H3. The number of esters is 1. The Morgan fingerprint density at radius 1 is 0.879 bits per heavy atom. The lowest BCUT2D eigenvalue weighted by atomic mass is 10.0. The van der Waals surface area contributed by atoms with Gasteiger partial charge >= 0.3 is 5.97 Å². The molecule has 33 heavy (non-hydrogen) atoms. The maximum absolute atomic E-state index is 12.9. The molecule has 2 heterocycles. The summed E-state index contributed by atoms with van der Waals surface area (Å²) in [5, 5.41) is 9.56. The van der Waals surface area contributed by atoms with E-state index in [1.54, 1.807) is 49.5 Å². The van der Waals surface area contributed by atoms with Crippen molar-refractivity contribution in [3.8, 4) is 45.5 Å². The number of benzene rings is 2. The number of hydrogen-bond donors (Lipinski definition) is 1. The monoisotopic (exact) mass is 441 g/mol. The zero-order valence-electron chi connectivity index (χ0n) is 18.4. The molecule has 4 rings (SSSR count).